The second-order valence-corrected chi connectivity index (χ2v) is 1.74. The molecular formula is C4H6FNO2. The van der Waals surface area contributed by atoms with Gasteiger partial charge < -0.3 is 5.11 Å². The second-order valence-electron chi connectivity index (χ2n) is 1.74. The zero-order valence-electron chi connectivity index (χ0n) is 4.10. The average Bonchev–Trinajstić information content (AvgIpc) is 1.61. The summed E-state index contributed by atoms with van der Waals surface area (Å²) in [6.07, 6.45) is -1.19. The van der Waals surface area contributed by atoms with Gasteiger partial charge in [0.05, 0.1) is 0 Å². The molecule has 0 aromatic carbocycles. The Morgan fingerprint density at radius 1 is 1.88 bits per heavy atom. The predicted molar refractivity (Wildman–Crippen MR) is 24.3 cm³/mol. The number of rotatable bonds is 1. The van der Waals surface area contributed by atoms with Crippen molar-refractivity contribution in [2.24, 2.45) is 0 Å². The third-order valence-electron chi connectivity index (χ3n) is 1.16. The quantitative estimate of drug-likeness (QED) is 0.483. The van der Waals surface area contributed by atoms with E-state index in [1.165, 1.54) is 0 Å². The maximum atomic E-state index is 12.0. The Morgan fingerprint density at radius 3 is 2.50 bits per heavy atom. The Hall–Kier alpha value is -0.640. The van der Waals surface area contributed by atoms with Gasteiger partial charge in [0.2, 0.25) is 0 Å². The lowest BCUT2D eigenvalue weighted by molar-refractivity contribution is -0.143. The topological polar surface area (TPSA) is 49.3 Å². The molecule has 1 aliphatic heterocycles. The van der Waals surface area contributed by atoms with Gasteiger partial charge in [-0.25, -0.2) is 4.39 Å². The minimum Gasteiger partial charge on any atom is -0.480 e. The molecule has 3 nitrogen and oxygen atoms in total. The molecule has 0 saturated carbocycles. The lowest BCUT2D eigenvalue weighted by Crippen LogP contribution is -2.59. The van der Waals surface area contributed by atoms with Gasteiger partial charge in [0.1, 0.15) is 12.2 Å². The van der Waals surface area contributed by atoms with E-state index in [0.29, 0.717) is 0 Å². The van der Waals surface area contributed by atoms with Crippen LogP contribution in [-0.2, 0) is 4.79 Å². The number of halogens is 1. The molecule has 2 N–H and O–H groups in total. The molecule has 0 bridgehead atoms. The fraction of sp³-hybridized carbons (Fsp3) is 0.750. The molecule has 1 heterocycles. The highest BCUT2D eigenvalue weighted by Crippen LogP contribution is 2.07. The molecule has 8 heavy (non-hydrogen) atoms. The molecule has 1 fully saturated rings. The molecule has 0 aromatic rings. The van der Waals surface area contributed by atoms with E-state index in [1.807, 2.05) is 0 Å². The predicted octanol–water partition coefficient (Wildman–Crippen LogP) is -0.619. The number of alkyl halides is 1. The van der Waals surface area contributed by atoms with Gasteiger partial charge in [-0.05, 0) is 0 Å². The van der Waals surface area contributed by atoms with Crippen LogP contribution >= 0.6 is 0 Å². The van der Waals surface area contributed by atoms with Crippen molar-refractivity contribution < 1.29 is 14.3 Å². The summed E-state index contributed by atoms with van der Waals surface area (Å²) in [4.78, 5) is 9.89. The normalized spacial score (nSPS) is 36.1. The van der Waals surface area contributed by atoms with E-state index in [2.05, 4.69) is 5.32 Å². The van der Waals surface area contributed by atoms with Gasteiger partial charge >= 0.3 is 5.97 Å². The molecule has 0 aromatic heterocycles. The zero-order valence-corrected chi connectivity index (χ0v) is 4.10. The molecule has 1 rings (SSSR count). The maximum absolute atomic E-state index is 12.0. The molecule has 1 saturated heterocycles. The Morgan fingerprint density at radius 2 is 2.50 bits per heavy atom. The first-order valence-electron chi connectivity index (χ1n) is 2.32. The van der Waals surface area contributed by atoms with Gasteiger partial charge in [0.15, 0.2) is 0 Å². The molecule has 0 spiro atoms. The van der Waals surface area contributed by atoms with Crippen LogP contribution in [0.25, 0.3) is 0 Å². The Kier molecular flexibility index (Phi) is 1.17. The van der Waals surface area contributed by atoms with Crippen molar-refractivity contribution in [2.75, 3.05) is 6.54 Å². The van der Waals surface area contributed by atoms with Gasteiger partial charge in [-0.15, -0.1) is 0 Å². The van der Waals surface area contributed by atoms with Crippen LogP contribution in [0.1, 0.15) is 0 Å². The van der Waals surface area contributed by atoms with Crippen molar-refractivity contribution in [3.05, 3.63) is 0 Å². The Balaban J connectivity index is 2.37. The zero-order chi connectivity index (χ0) is 6.15. The summed E-state index contributed by atoms with van der Waals surface area (Å²) < 4.78 is 12.0. The number of carboxylic acid groups (broad SMARTS) is 1. The molecule has 0 radical (unpaired) electrons. The number of hydrogen-bond acceptors (Lipinski definition) is 2. The summed E-state index contributed by atoms with van der Waals surface area (Å²) in [6.45, 7) is 0.178. The van der Waals surface area contributed by atoms with E-state index < -0.39 is 18.2 Å². The van der Waals surface area contributed by atoms with Crippen LogP contribution in [0.15, 0.2) is 0 Å². The molecule has 0 amide bonds. The molecule has 0 aliphatic carbocycles. The highest BCUT2D eigenvalue weighted by Gasteiger charge is 2.35. The monoisotopic (exact) mass is 119 g/mol. The highest BCUT2D eigenvalue weighted by atomic mass is 19.1. The van der Waals surface area contributed by atoms with Gasteiger partial charge in [0.25, 0.3) is 0 Å². The van der Waals surface area contributed by atoms with Crippen molar-refractivity contribution >= 4 is 5.97 Å². The van der Waals surface area contributed by atoms with Gasteiger partial charge in [0, 0.05) is 6.54 Å². The average molecular weight is 119 g/mol. The molecule has 1 aliphatic rings. The summed E-state index contributed by atoms with van der Waals surface area (Å²) >= 11 is 0. The van der Waals surface area contributed by atoms with E-state index in [4.69, 9.17) is 5.11 Å². The first kappa shape index (κ1) is 5.50. The fourth-order valence-electron chi connectivity index (χ4n) is 0.567. The highest BCUT2D eigenvalue weighted by molar-refractivity contribution is 5.75. The van der Waals surface area contributed by atoms with Crippen molar-refractivity contribution in [1.82, 2.24) is 5.32 Å². The lowest BCUT2D eigenvalue weighted by atomic mass is 10.1. The van der Waals surface area contributed by atoms with E-state index in [0.717, 1.165) is 0 Å². The molecule has 2 unspecified atom stereocenters. The third kappa shape index (κ3) is 0.667. The molecule has 4 heteroatoms. The van der Waals surface area contributed by atoms with Crippen LogP contribution in [0.2, 0.25) is 0 Å². The van der Waals surface area contributed by atoms with Crippen molar-refractivity contribution in [2.45, 2.75) is 12.2 Å². The minimum atomic E-state index is -1.19. The smallest absolute Gasteiger partial charge is 0.323 e. The van der Waals surface area contributed by atoms with Crippen LogP contribution in [0.3, 0.4) is 0 Å². The van der Waals surface area contributed by atoms with Crippen molar-refractivity contribution in [3.63, 3.8) is 0 Å². The number of carbonyl (C=O) groups is 1. The molecule has 46 valence electrons. The number of aliphatic carboxylic acids is 1. The van der Waals surface area contributed by atoms with Crippen LogP contribution in [0.5, 0.6) is 0 Å². The van der Waals surface area contributed by atoms with Gasteiger partial charge in [-0.1, -0.05) is 0 Å². The van der Waals surface area contributed by atoms with Crippen LogP contribution in [-0.4, -0.2) is 29.8 Å². The summed E-state index contributed by atoms with van der Waals surface area (Å²) in [5, 5.41) is 10.5. The Labute approximate surface area is 45.5 Å². The van der Waals surface area contributed by atoms with Crippen LogP contribution in [0, 0.1) is 0 Å². The summed E-state index contributed by atoms with van der Waals surface area (Å²) in [5.41, 5.74) is 0. The molecule has 2 atom stereocenters. The fourth-order valence-corrected chi connectivity index (χ4v) is 0.567. The van der Waals surface area contributed by atoms with E-state index >= 15 is 0 Å². The van der Waals surface area contributed by atoms with Crippen LogP contribution in [0.4, 0.5) is 4.39 Å². The Bertz CT molecular complexity index is 117. The largest absolute Gasteiger partial charge is 0.480 e. The van der Waals surface area contributed by atoms with Gasteiger partial charge in [-0.2, -0.15) is 0 Å². The first-order chi connectivity index (χ1) is 3.72. The first-order valence-corrected chi connectivity index (χ1v) is 2.32. The third-order valence-corrected chi connectivity index (χ3v) is 1.16. The van der Waals surface area contributed by atoms with Gasteiger partial charge in [-0.3, -0.25) is 10.1 Å². The maximum Gasteiger partial charge on any atom is 0.323 e. The SMILES string of the molecule is O=C(O)C1NCC1F. The van der Waals surface area contributed by atoms with E-state index in [9.17, 15) is 9.18 Å². The summed E-state index contributed by atoms with van der Waals surface area (Å²) in [6, 6.07) is -0.949. The minimum absolute atomic E-state index is 0.178. The number of nitrogens with one attached hydrogen (secondary N) is 1. The molecular weight excluding hydrogens is 113 g/mol. The standard InChI is InChI=1S/C4H6FNO2/c5-2-1-6-3(2)4(7)8/h2-3,6H,1H2,(H,7,8). The van der Waals surface area contributed by atoms with E-state index in [-0.39, 0.29) is 6.54 Å². The lowest BCUT2D eigenvalue weighted by Gasteiger charge is -2.27. The summed E-state index contributed by atoms with van der Waals surface area (Å²) in [5.74, 6) is -1.11. The van der Waals surface area contributed by atoms with Crippen molar-refractivity contribution in [1.29, 1.82) is 0 Å². The number of hydrogen-bond donors (Lipinski definition) is 2. The van der Waals surface area contributed by atoms with E-state index in [1.54, 1.807) is 0 Å². The number of carboxylic acids is 1. The summed E-state index contributed by atoms with van der Waals surface area (Å²) in [7, 11) is 0. The second kappa shape index (κ2) is 1.70. The van der Waals surface area contributed by atoms with Crippen molar-refractivity contribution in [3.8, 4) is 0 Å². The van der Waals surface area contributed by atoms with Crippen LogP contribution < -0.4 is 5.32 Å².